The Kier molecular flexibility index (Phi) is 3.14. The molecule has 0 aliphatic carbocycles. The van der Waals surface area contributed by atoms with Crippen molar-refractivity contribution in [2.75, 3.05) is 0 Å². The molecule has 19 heavy (non-hydrogen) atoms. The fraction of sp³-hybridized carbons (Fsp3) is 0.357. The zero-order valence-electron chi connectivity index (χ0n) is 11.6. The van der Waals surface area contributed by atoms with Crippen LogP contribution < -0.4 is 0 Å². The first-order chi connectivity index (χ1) is 8.84. The molecule has 0 N–H and O–H groups in total. The molecule has 0 saturated carbocycles. The van der Waals surface area contributed by atoms with Gasteiger partial charge in [-0.15, -0.1) is 0 Å². The standard InChI is InChI=1S/C14H15NO4/c1-6(2)10-12(14(17)18-13(10)16)7(3)11-8(4)15-19-9(11)5/h1-5H3. The minimum atomic E-state index is -0.612. The zero-order chi connectivity index (χ0) is 14.3. The molecule has 0 aromatic carbocycles. The Balaban J connectivity index is 2.74. The van der Waals surface area contributed by atoms with Gasteiger partial charge in [0.05, 0.1) is 16.8 Å². The van der Waals surface area contributed by atoms with Crippen LogP contribution in [0, 0.1) is 13.8 Å². The number of rotatable bonds is 1. The second-order valence-electron chi connectivity index (χ2n) is 4.75. The van der Waals surface area contributed by atoms with Crippen molar-refractivity contribution in [1.29, 1.82) is 0 Å². The van der Waals surface area contributed by atoms with E-state index in [0.29, 0.717) is 28.2 Å². The molecule has 0 amide bonds. The molecule has 2 heterocycles. The molecule has 1 aromatic heterocycles. The molecule has 1 aliphatic heterocycles. The van der Waals surface area contributed by atoms with Gasteiger partial charge in [0.15, 0.2) is 0 Å². The molecule has 0 atom stereocenters. The maximum Gasteiger partial charge on any atom is 0.347 e. The minimum Gasteiger partial charge on any atom is -0.386 e. The Morgan fingerprint density at radius 2 is 1.58 bits per heavy atom. The average molecular weight is 261 g/mol. The van der Waals surface area contributed by atoms with Gasteiger partial charge in [-0.3, -0.25) is 0 Å². The Morgan fingerprint density at radius 3 is 2.05 bits per heavy atom. The Bertz CT molecular complexity index is 623. The van der Waals surface area contributed by atoms with E-state index in [4.69, 9.17) is 9.26 Å². The van der Waals surface area contributed by atoms with E-state index >= 15 is 0 Å². The van der Waals surface area contributed by atoms with Crippen LogP contribution in [0.3, 0.4) is 0 Å². The van der Waals surface area contributed by atoms with Gasteiger partial charge in [-0.05, 0) is 40.2 Å². The predicted molar refractivity (Wildman–Crippen MR) is 68.0 cm³/mol. The first-order valence-electron chi connectivity index (χ1n) is 5.93. The first-order valence-corrected chi connectivity index (χ1v) is 5.93. The summed E-state index contributed by atoms with van der Waals surface area (Å²) in [6.45, 7) is 8.88. The minimum absolute atomic E-state index is 0.305. The lowest BCUT2D eigenvalue weighted by Gasteiger charge is -2.04. The summed E-state index contributed by atoms with van der Waals surface area (Å²) in [6, 6.07) is 0. The highest BCUT2D eigenvalue weighted by atomic mass is 16.6. The number of hydrogen-bond donors (Lipinski definition) is 0. The lowest BCUT2D eigenvalue weighted by Crippen LogP contribution is -2.00. The Hall–Kier alpha value is -2.17. The van der Waals surface area contributed by atoms with E-state index in [1.165, 1.54) is 0 Å². The van der Waals surface area contributed by atoms with Crippen molar-refractivity contribution < 1.29 is 18.8 Å². The number of esters is 2. The summed E-state index contributed by atoms with van der Waals surface area (Å²) < 4.78 is 9.80. The molecule has 0 bridgehead atoms. The van der Waals surface area contributed by atoms with Crippen LogP contribution in [-0.4, -0.2) is 17.1 Å². The summed E-state index contributed by atoms with van der Waals surface area (Å²) in [5.41, 5.74) is 3.48. The van der Waals surface area contributed by atoms with Crippen molar-refractivity contribution in [3.05, 3.63) is 33.7 Å². The molecule has 1 fully saturated rings. The van der Waals surface area contributed by atoms with E-state index < -0.39 is 11.9 Å². The predicted octanol–water partition coefficient (Wildman–Crippen LogP) is 2.48. The van der Waals surface area contributed by atoms with Crippen molar-refractivity contribution in [1.82, 2.24) is 5.16 Å². The molecule has 5 heteroatoms. The third kappa shape index (κ3) is 2.01. The quantitative estimate of drug-likeness (QED) is 0.441. The molecule has 0 spiro atoms. The number of cyclic esters (lactones) is 2. The molecular formula is C14H15NO4. The number of aromatic nitrogens is 1. The number of allylic oxidation sites excluding steroid dienone is 2. The number of nitrogens with zero attached hydrogens (tertiary/aromatic N) is 1. The van der Waals surface area contributed by atoms with Crippen LogP contribution in [0.4, 0.5) is 0 Å². The lowest BCUT2D eigenvalue weighted by atomic mass is 9.94. The first kappa shape index (κ1) is 13.3. The van der Waals surface area contributed by atoms with Crippen LogP contribution in [0.5, 0.6) is 0 Å². The van der Waals surface area contributed by atoms with Crippen molar-refractivity contribution >= 4 is 17.5 Å². The second kappa shape index (κ2) is 4.50. The van der Waals surface area contributed by atoms with Gasteiger partial charge < -0.3 is 9.26 Å². The van der Waals surface area contributed by atoms with Gasteiger partial charge in [0, 0.05) is 5.56 Å². The highest BCUT2D eigenvalue weighted by molar-refractivity contribution is 6.22. The highest BCUT2D eigenvalue weighted by Crippen LogP contribution is 2.34. The molecule has 2 rings (SSSR count). The van der Waals surface area contributed by atoms with E-state index in [0.717, 1.165) is 11.1 Å². The molecular weight excluding hydrogens is 246 g/mol. The third-order valence-electron chi connectivity index (χ3n) is 3.13. The smallest absolute Gasteiger partial charge is 0.347 e. The fourth-order valence-electron chi connectivity index (χ4n) is 2.33. The van der Waals surface area contributed by atoms with E-state index in [1.54, 1.807) is 34.6 Å². The van der Waals surface area contributed by atoms with E-state index in [1.807, 2.05) is 0 Å². The van der Waals surface area contributed by atoms with E-state index in [2.05, 4.69) is 5.16 Å². The van der Waals surface area contributed by atoms with Gasteiger partial charge in [-0.2, -0.15) is 0 Å². The molecule has 0 unspecified atom stereocenters. The summed E-state index contributed by atoms with van der Waals surface area (Å²) in [7, 11) is 0. The van der Waals surface area contributed by atoms with Gasteiger partial charge in [0.25, 0.3) is 0 Å². The monoisotopic (exact) mass is 261 g/mol. The van der Waals surface area contributed by atoms with E-state index in [9.17, 15) is 9.59 Å². The van der Waals surface area contributed by atoms with Gasteiger partial charge in [-0.1, -0.05) is 10.7 Å². The summed E-state index contributed by atoms with van der Waals surface area (Å²) in [5.74, 6) is -0.590. The Labute approximate surface area is 110 Å². The maximum absolute atomic E-state index is 11.9. The fourth-order valence-corrected chi connectivity index (χ4v) is 2.33. The number of carbonyl (C=O) groups excluding carboxylic acids is 2. The lowest BCUT2D eigenvalue weighted by molar-refractivity contribution is -0.149. The molecule has 1 saturated heterocycles. The van der Waals surface area contributed by atoms with Crippen LogP contribution in [-0.2, 0) is 14.3 Å². The number of hydrogen-bond acceptors (Lipinski definition) is 5. The van der Waals surface area contributed by atoms with Gasteiger partial charge in [0.2, 0.25) is 0 Å². The van der Waals surface area contributed by atoms with Crippen LogP contribution >= 0.6 is 0 Å². The Morgan fingerprint density at radius 1 is 1.00 bits per heavy atom. The van der Waals surface area contributed by atoms with Gasteiger partial charge >= 0.3 is 11.9 Å². The number of ether oxygens (including phenoxy) is 1. The molecule has 100 valence electrons. The van der Waals surface area contributed by atoms with Crippen molar-refractivity contribution in [3.8, 4) is 0 Å². The molecule has 5 nitrogen and oxygen atoms in total. The summed E-state index contributed by atoms with van der Waals surface area (Å²) in [4.78, 5) is 23.6. The van der Waals surface area contributed by atoms with Crippen molar-refractivity contribution in [2.24, 2.45) is 0 Å². The summed E-state index contributed by atoms with van der Waals surface area (Å²) >= 11 is 0. The largest absolute Gasteiger partial charge is 0.386 e. The number of carbonyl (C=O) groups is 2. The van der Waals surface area contributed by atoms with Crippen LogP contribution in [0.25, 0.3) is 5.57 Å². The normalized spacial score (nSPS) is 17.8. The summed E-state index contributed by atoms with van der Waals surface area (Å²) in [5, 5.41) is 3.86. The molecule has 1 aromatic rings. The van der Waals surface area contributed by atoms with E-state index in [-0.39, 0.29) is 0 Å². The van der Waals surface area contributed by atoms with Crippen LogP contribution in [0.2, 0.25) is 0 Å². The van der Waals surface area contributed by atoms with Crippen molar-refractivity contribution in [2.45, 2.75) is 34.6 Å². The highest BCUT2D eigenvalue weighted by Gasteiger charge is 2.36. The molecule has 0 radical (unpaired) electrons. The average Bonchev–Trinajstić information content (AvgIpc) is 2.78. The number of aryl methyl sites for hydroxylation is 2. The van der Waals surface area contributed by atoms with Crippen molar-refractivity contribution in [3.63, 3.8) is 0 Å². The SMILES string of the molecule is CC(C)=C1C(=O)OC(=O)C1=C(C)c1c(C)noc1C. The van der Waals surface area contributed by atoms with Gasteiger partial charge in [-0.25, -0.2) is 9.59 Å². The second-order valence-corrected chi connectivity index (χ2v) is 4.75. The van der Waals surface area contributed by atoms with Crippen LogP contribution in [0.15, 0.2) is 21.2 Å². The van der Waals surface area contributed by atoms with Crippen LogP contribution in [0.1, 0.15) is 37.8 Å². The topological polar surface area (TPSA) is 69.4 Å². The third-order valence-corrected chi connectivity index (χ3v) is 3.13. The molecule has 1 aliphatic rings. The van der Waals surface area contributed by atoms with Gasteiger partial charge in [0.1, 0.15) is 5.76 Å². The summed E-state index contributed by atoms with van der Waals surface area (Å²) in [6.07, 6.45) is 0. The maximum atomic E-state index is 11.9. The zero-order valence-corrected chi connectivity index (χ0v) is 11.6.